The Morgan fingerprint density at radius 1 is 1.60 bits per heavy atom. The molecule has 0 saturated heterocycles. The fourth-order valence-corrected chi connectivity index (χ4v) is 2.13. The first-order chi connectivity index (χ1) is 7.20. The van der Waals surface area contributed by atoms with Crippen molar-refractivity contribution in [2.45, 2.75) is 0 Å². The van der Waals surface area contributed by atoms with Gasteiger partial charge in [0.25, 0.3) is 0 Å². The zero-order valence-electron chi connectivity index (χ0n) is 7.98. The molecule has 1 aromatic heterocycles. The van der Waals surface area contributed by atoms with Gasteiger partial charge in [0.05, 0.1) is 11.8 Å². The second kappa shape index (κ2) is 3.74. The lowest BCUT2D eigenvalue weighted by Gasteiger charge is -1.97. The predicted molar refractivity (Wildman–Crippen MR) is 59.4 cm³/mol. The summed E-state index contributed by atoms with van der Waals surface area (Å²) in [5.41, 5.74) is 5.73. The number of nitrogens with zero attached hydrogens (tertiary/aromatic N) is 1. The first-order valence-corrected chi connectivity index (χ1v) is 5.02. The normalized spacial score (nSPS) is 10.2. The molecule has 0 aliphatic heterocycles. The van der Waals surface area contributed by atoms with Gasteiger partial charge in [-0.3, -0.25) is 5.32 Å². The molecule has 1 aromatic carbocycles. The van der Waals surface area contributed by atoms with Crippen LogP contribution in [0.4, 0.5) is 9.93 Å². The molecule has 2 rings (SSSR count). The number of aromatic nitrogens is 1. The smallest absolute Gasteiger partial charge is 0.318 e. The Bertz CT molecular complexity index is 509. The summed E-state index contributed by atoms with van der Waals surface area (Å²) in [6, 6.07) is 4.97. The Morgan fingerprint density at radius 2 is 2.40 bits per heavy atom. The van der Waals surface area contributed by atoms with E-state index < -0.39 is 6.03 Å². The van der Waals surface area contributed by atoms with Crippen molar-refractivity contribution in [1.82, 2.24) is 4.98 Å². The van der Waals surface area contributed by atoms with E-state index in [-0.39, 0.29) is 0 Å². The van der Waals surface area contributed by atoms with Gasteiger partial charge in [-0.1, -0.05) is 17.4 Å². The third-order valence-electron chi connectivity index (χ3n) is 1.83. The van der Waals surface area contributed by atoms with Crippen molar-refractivity contribution in [2.75, 3.05) is 12.4 Å². The number of fused-ring (bicyclic) bond motifs is 1. The van der Waals surface area contributed by atoms with E-state index in [0.29, 0.717) is 10.9 Å². The Morgan fingerprint density at radius 3 is 3.07 bits per heavy atom. The first kappa shape index (κ1) is 9.72. The number of primary amides is 1. The Kier molecular flexibility index (Phi) is 2.42. The minimum atomic E-state index is -0.618. The first-order valence-electron chi connectivity index (χ1n) is 4.20. The summed E-state index contributed by atoms with van der Waals surface area (Å²) in [6.07, 6.45) is 0. The van der Waals surface area contributed by atoms with Gasteiger partial charge in [-0.15, -0.1) is 0 Å². The van der Waals surface area contributed by atoms with Crippen molar-refractivity contribution in [2.24, 2.45) is 5.73 Å². The second-order valence-electron chi connectivity index (χ2n) is 2.82. The predicted octanol–water partition coefficient (Wildman–Crippen LogP) is 1.80. The minimum absolute atomic E-state index is 0.474. The van der Waals surface area contributed by atoms with Crippen LogP contribution < -0.4 is 15.8 Å². The molecule has 0 atom stereocenters. The van der Waals surface area contributed by atoms with E-state index in [4.69, 9.17) is 10.5 Å². The highest BCUT2D eigenvalue weighted by Gasteiger charge is 2.08. The average molecular weight is 223 g/mol. The number of carbonyl (C=O) groups excluding carboxylic acids is 1. The number of amides is 2. The lowest BCUT2D eigenvalue weighted by molar-refractivity contribution is 0.259. The van der Waals surface area contributed by atoms with E-state index in [1.165, 1.54) is 11.3 Å². The van der Waals surface area contributed by atoms with Gasteiger partial charge in [-0.2, -0.15) is 0 Å². The standard InChI is InChI=1S/C9H9N3O2S/c1-14-5-3-2-4-6-7(5)11-9(15-6)12-8(10)13/h2-4H,1H3,(H3,10,11,12,13). The number of thiazole rings is 1. The summed E-state index contributed by atoms with van der Waals surface area (Å²) in [5, 5.41) is 2.91. The number of hydrogen-bond donors (Lipinski definition) is 2. The molecule has 6 heteroatoms. The average Bonchev–Trinajstić information content (AvgIpc) is 2.58. The van der Waals surface area contributed by atoms with Gasteiger partial charge in [0.15, 0.2) is 5.13 Å². The molecule has 0 unspecified atom stereocenters. The number of carbonyl (C=O) groups is 1. The van der Waals surface area contributed by atoms with Crippen LogP contribution in [-0.2, 0) is 0 Å². The van der Waals surface area contributed by atoms with Gasteiger partial charge >= 0.3 is 6.03 Å². The van der Waals surface area contributed by atoms with Gasteiger partial charge in [0.1, 0.15) is 11.3 Å². The summed E-state index contributed by atoms with van der Waals surface area (Å²) in [4.78, 5) is 14.9. The Balaban J connectivity index is 2.50. The van der Waals surface area contributed by atoms with Crippen molar-refractivity contribution in [3.8, 4) is 5.75 Å². The highest BCUT2D eigenvalue weighted by atomic mass is 32.1. The van der Waals surface area contributed by atoms with Crippen LogP contribution in [0.1, 0.15) is 0 Å². The maximum atomic E-state index is 10.6. The van der Waals surface area contributed by atoms with E-state index in [1.54, 1.807) is 7.11 Å². The maximum Gasteiger partial charge on any atom is 0.318 e. The molecule has 5 nitrogen and oxygen atoms in total. The van der Waals surface area contributed by atoms with E-state index in [2.05, 4.69) is 10.3 Å². The summed E-state index contributed by atoms with van der Waals surface area (Å²) >= 11 is 1.35. The van der Waals surface area contributed by atoms with Crippen LogP contribution in [0.3, 0.4) is 0 Å². The second-order valence-corrected chi connectivity index (χ2v) is 3.85. The maximum absolute atomic E-state index is 10.6. The summed E-state index contributed by atoms with van der Waals surface area (Å²) < 4.78 is 6.09. The molecular weight excluding hydrogens is 214 g/mol. The topological polar surface area (TPSA) is 77.2 Å². The quantitative estimate of drug-likeness (QED) is 0.814. The molecule has 0 bridgehead atoms. The number of methoxy groups -OCH3 is 1. The van der Waals surface area contributed by atoms with Gasteiger partial charge < -0.3 is 10.5 Å². The van der Waals surface area contributed by atoms with Crippen LogP contribution in [0.2, 0.25) is 0 Å². The Labute approximate surface area is 89.9 Å². The van der Waals surface area contributed by atoms with Crippen molar-refractivity contribution in [1.29, 1.82) is 0 Å². The van der Waals surface area contributed by atoms with Crippen molar-refractivity contribution >= 4 is 32.7 Å². The molecule has 3 N–H and O–H groups in total. The summed E-state index contributed by atoms with van der Waals surface area (Å²) in [6.45, 7) is 0. The number of para-hydroxylation sites is 1. The third-order valence-corrected chi connectivity index (χ3v) is 2.77. The molecule has 2 amide bonds. The van der Waals surface area contributed by atoms with Crippen LogP contribution in [0, 0.1) is 0 Å². The number of nitrogens with one attached hydrogen (secondary N) is 1. The molecule has 2 aromatic rings. The molecule has 0 radical (unpaired) electrons. The van der Waals surface area contributed by atoms with Crippen LogP contribution in [0.25, 0.3) is 10.2 Å². The van der Waals surface area contributed by atoms with Crippen LogP contribution in [-0.4, -0.2) is 18.1 Å². The van der Waals surface area contributed by atoms with Crippen molar-refractivity contribution < 1.29 is 9.53 Å². The number of anilines is 1. The number of urea groups is 1. The molecule has 15 heavy (non-hydrogen) atoms. The highest BCUT2D eigenvalue weighted by Crippen LogP contribution is 2.31. The largest absolute Gasteiger partial charge is 0.494 e. The number of nitrogens with two attached hydrogens (primary N) is 1. The van der Waals surface area contributed by atoms with Crippen LogP contribution in [0.5, 0.6) is 5.75 Å². The van der Waals surface area contributed by atoms with E-state index in [1.807, 2.05) is 18.2 Å². The zero-order chi connectivity index (χ0) is 10.8. The molecule has 0 saturated carbocycles. The van der Waals surface area contributed by atoms with Crippen LogP contribution in [0.15, 0.2) is 18.2 Å². The molecule has 1 heterocycles. The molecule has 78 valence electrons. The zero-order valence-corrected chi connectivity index (χ0v) is 8.80. The van der Waals surface area contributed by atoms with Crippen molar-refractivity contribution in [3.05, 3.63) is 18.2 Å². The van der Waals surface area contributed by atoms with E-state index in [0.717, 1.165) is 10.2 Å². The molecule has 0 spiro atoms. The molecule has 0 aliphatic carbocycles. The molecule has 0 fully saturated rings. The van der Waals surface area contributed by atoms with Crippen molar-refractivity contribution in [3.63, 3.8) is 0 Å². The number of hydrogen-bond acceptors (Lipinski definition) is 4. The summed E-state index contributed by atoms with van der Waals surface area (Å²) in [7, 11) is 1.58. The lowest BCUT2D eigenvalue weighted by atomic mass is 10.3. The SMILES string of the molecule is COc1cccc2sc(NC(N)=O)nc12. The van der Waals surface area contributed by atoms with Gasteiger partial charge in [-0.25, -0.2) is 9.78 Å². The van der Waals surface area contributed by atoms with E-state index in [9.17, 15) is 4.79 Å². The van der Waals surface area contributed by atoms with E-state index >= 15 is 0 Å². The Hall–Kier alpha value is -1.82. The van der Waals surface area contributed by atoms with Gasteiger partial charge in [0, 0.05) is 0 Å². The summed E-state index contributed by atoms with van der Waals surface area (Å²) in [5.74, 6) is 0.682. The monoisotopic (exact) mass is 223 g/mol. The van der Waals surface area contributed by atoms with Crippen LogP contribution >= 0.6 is 11.3 Å². The number of benzene rings is 1. The van der Waals surface area contributed by atoms with Gasteiger partial charge in [-0.05, 0) is 12.1 Å². The highest BCUT2D eigenvalue weighted by molar-refractivity contribution is 7.22. The fourth-order valence-electron chi connectivity index (χ4n) is 1.25. The molecular formula is C9H9N3O2S. The number of ether oxygens (including phenoxy) is 1. The minimum Gasteiger partial charge on any atom is -0.494 e. The fraction of sp³-hybridized carbons (Fsp3) is 0.111. The van der Waals surface area contributed by atoms with Gasteiger partial charge in [0.2, 0.25) is 0 Å². The number of rotatable bonds is 2. The third kappa shape index (κ3) is 1.84. The molecule has 0 aliphatic rings. The lowest BCUT2D eigenvalue weighted by Crippen LogP contribution is -2.18.